The molecule has 2 rings (SSSR count). The molecule has 6 nitrogen and oxygen atoms in total. The number of carbonyl (C=O) groups is 2. The molecule has 1 aliphatic heterocycles. The maximum atomic E-state index is 12.4. The van der Waals surface area contributed by atoms with Crippen molar-refractivity contribution in [2.45, 2.75) is 64.1 Å². The fourth-order valence-electron chi connectivity index (χ4n) is 2.89. The molecule has 2 amide bonds. The van der Waals surface area contributed by atoms with E-state index < -0.39 is 5.97 Å². The minimum absolute atomic E-state index is 0.0560. The highest BCUT2D eigenvalue weighted by Crippen LogP contribution is 2.38. The minimum Gasteiger partial charge on any atom is -0.481 e. The van der Waals surface area contributed by atoms with E-state index in [4.69, 9.17) is 9.84 Å². The van der Waals surface area contributed by atoms with Crippen LogP contribution in [0.2, 0.25) is 0 Å². The molecule has 0 aromatic carbocycles. The molecule has 21 heavy (non-hydrogen) atoms. The first kappa shape index (κ1) is 16.1. The molecule has 0 spiro atoms. The number of rotatable bonds is 7. The van der Waals surface area contributed by atoms with E-state index in [1.54, 1.807) is 4.90 Å². The summed E-state index contributed by atoms with van der Waals surface area (Å²) in [4.78, 5) is 24.7. The molecule has 1 heterocycles. The first-order chi connectivity index (χ1) is 9.99. The summed E-state index contributed by atoms with van der Waals surface area (Å²) in [5, 5.41) is 11.8. The molecule has 2 aliphatic rings. The van der Waals surface area contributed by atoms with Gasteiger partial charge >= 0.3 is 12.0 Å². The average molecular weight is 298 g/mol. The summed E-state index contributed by atoms with van der Waals surface area (Å²) in [7, 11) is 0. The lowest BCUT2D eigenvalue weighted by molar-refractivity contribution is -0.137. The lowest BCUT2D eigenvalue weighted by Gasteiger charge is -2.29. The zero-order valence-electron chi connectivity index (χ0n) is 12.9. The Bertz CT molecular complexity index is 382. The molecule has 0 bridgehead atoms. The Balaban J connectivity index is 1.84. The smallest absolute Gasteiger partial charge is 0.317 e. The number of hydrogen-bond acceptors (Lipinski definition) is 3. The molecule has 2 fully saturated rings. The summed E-state index contributed by atoms with van der Waals surface area (Å²) in [6.07, 6.45) is 4.00. The van der Waals surface area contributed by atoms with E-state index in [0.29, 0.717) is 25.5 Å². The van der Waals surface area contributed by atoms with Gasteiger partial charge in [-0.15, -0.1) is 0 Å². The second-order valence-corrected chi connectivity index (χ2v) is 6.30. The van der Waals surface area contributed by atoms with E-state index >= 15 is 0 Å². The Kier molecular flexibility index (Phi) is 5.45. The Labute approximate surface area is 125 Å². The fourth-order valence-corrected chi connectivity index (χ4v) is 2.89. The van der Waals surface area contributed by atoms with E-state index in [0.717, 1.165) is 6.42 Å². The third kappa shape index (κ3) is 4.59. The number of carboxylic acid groups (broad SMARTS) is 1. The first-order valence-corrected chi connectivity index (χ1v) is 7.89. The highest BCUT2D eigenvalue weighted by molar-refractivity contribution is 5.75. The van der Waals surface area contributed by atoms with Crippen LogP contribution in [0, 0.1) is 5.92 Å². The van der Waals surface area contributed by atoms with Crippen LogP contribution in [0.25, 0.3) is 0 Å². The number of ether oxygens (including phenoxy) is 1. The maximum Gasteiger partial charge on any atom is 0.317 e. The topological polar surface area (TPSA) is 78.9 Å². The zero-order valence-corrected chi connectivity index (χ0v) is 12.9. The number of aliphatic carboxylic acids is 1. The van der Waals surface area contributed by atoms with Crippen LogP contribution in [0.3, 0.4) is 0 Å². The third-order valence-corrected chi connectivity index (χ3v) is 4.21. The van der Waals surface area contributed by atoms with Crippen molar-refractivity contribution in [1.82, 2.24) is 10.2 Å². The average Bonchev–Trinajstić information content (AvgIpc) is 3.14. The number of carbonyl (C=O) groups excluding carboxylic acids is 1. The van der Waals surface area contributed by atoms with Crippen LogP contribution in [0.15, 0.2) is 0 Å². The van der Waals surface area contributed by atoms with Crippen LogP contribution in [0.1, 0.15) is 46.0 Å². The molecule has 2 unspecified atom stereocenters. The van der Waals surface area contributed by atoms with Gasteiger partial charge in [-0.2, -0.15) is 0 Å². The van der Waals surface area contributed by atoms with Crippen molar-refractivity contribution in [2.75, 3.05) is 13.2 Å². The van der Waals surface area contributed by atoms with Gasteiger partial charge in [0.2, 0.25) is 0 Å². The molecule has 1 saturated carbocycles. The van der Waals surface area contributed by atoms with Gasteiger partial charge in [0, 0.05) is 25.6 Å². The molecular formula is C15H26N2O4. The fraction of sp³-hybridized carbons (Fsp3) is 0.867. The predicted octanol–water partition coefficient (Wildman–Crippen LogP) is 1.84. The van der Waals surface area contributed by atoms with Crippen LogP contribution in [-0.4, -0.2) is 53.3 Å². The number of amides is 2. The van der Waals surface area contributed by atoms with E-state index in [-0.39, 0.29) is 30.6 Å². The van der Waals surface area contributed by atoms with E-state index in [1.807, 2.05) is 13.8 Å². The van der Waals surface area contributed by atoms with Gasteiger partial charge in [0.15, 0.2) is 0 Å². The number of urea groups is 1. The molecule has 2 atom stereocenters. The van der Waals surface area contributed by atoms with Crippen molar-refractivity contribution in [3.05, 3.63) is 0 Å². The summed E-state index contributed by atoms with van der Waals surface area (Å²) in [6, 6.07) is 0.0581. The van der Waals surface area contributed by atoms with Gasteiger partial charge in [-0.05, 0) is 45.4 Å². The Morgan fingerprint density at radius 1 is 1.33 bits per heavy atom. The summed E-state index contributed by atoms with van der Waals surface area (Å²) in [5.74, 6) is -0.214. The van der Waals surface area contributed by atoms with Crippen LogP contribution in [0.4, 0.5) is 4.79 Å². The molecule has 0 aromatic rings. The molecule has 1 saturated heterocycles. The van der Waals surface area contributed by atoms with Gasteiger partial charge in [0.05, 0.1) is 12.1 Å². The standard InChI is InChI=1S/C15H26N2O4/c1-10(2)17(8-3-4-13(18)19)15(20)16-12-7-9-21-14(12)11-5-6-11/h10-12,14H,3-9H2,1-2H3,(H,16,20)(H,18,19). The predicted molar refractivity (Wildman–Crippen MR) is 78.1 cm³/mol. The van der Waals surface area contributed by atoms with Crippen molar-refractivity contribution in [2.24, 2.45) is 5.92 Å². The van der Waals surface area contributed by atoms with Gasteiger partial charge in [-0.3, -0.25) is 4.79 Å². The minimum atomic E-state index is -0.822. The molecule has 0 aromatic heterocycles. The second kappa shape index (κ2) is 7.11. The lowest BCUT2D eigenvalue weighted by Crippen LogP contribution is -2.50. The van der Waals surface area contributed by atoms with Crippen molar-refractivity contribution >= 4 is 12.0 Å². The second-order valence-electron chi connectivity index (χ2n) is 6.30. The monoisotopic (exact) mass is 298 g/mol. The molecule has 1 aliphatic carbocycles. The molecule has 6 heteroatoms. The number of nitrogens with zero attached hydrogens (tertiary/aromatic N) is 1. The van der Waals surface area contributed by atoms with Gasteiger partial charge in [-0.1, -0.05) is 0 Å². The lowest BCUT2D eigenvalue weighted by atomic mass is 10.1. The number of nitrogens with one attached hydrogen (secondary N) is 1. The molecular weight excluding hydrogens is 272 g/mol. The Morgan fingerprint density at radius 3 is 2.62 bits per heavy atom. The maximum absolute atomic E-state index is 12.4. The van der Waals surface area contributed by atoms with Crippen LogP contribution < -0.4 is 5.32 Å². The Hall–Kier alpha value is -1.30. The molecule has 2 N–H and O–H groups in total. The van der Waals surface area contributed by atoms with Crippen LogP contribution >= 0.6 is 0 Å². The zero-order chi connectivity index (χ0) is 15.4. The first-order valence-electron chi connectivity index (χ1n) is 7.89. The molecule has 120 valence electrons. The third-order valence-electron chi connectivity index (χ3n) is 4.21. The van der Waals surface area contributed by atoms with Gasteiger partial charge in [-0.25, -0.2) is 4.79 Å². The molecule has 0 radical (unpaired) electrons. The van der Waals surface area contributed by atoms with E-state index in [1.165, 1.54) is 12.8 Å². The number of carboxylic acids is 1. The SMILES string of the molecule is CC(C)N(CCCC(=O)O)C(=O)NC1CCOC1C1CC1. The Morgan fingerprint density at radius 2 is 2.05 bits per heavy atom. The van der Waals surface area contributed by atoms with Crippen molar-refractivity contribution in [1.29, 1.82) is 0 Å². The summed E-state index contributed by atoms with van der Waals surface area (Å²) in [5.41, 5.74) is 0. The van der Waals surface area contributed by atoms with Crippen molar-refractivity contribution in [3.8, 4) is 0 Å². The largest absolute Gasteiger partial charge is 0.481 e. The van der Waals surface area contributed by atoms with Gasteiger partial charge < -0.3 is 20.1 Å². The van der Waals surface area contributed by atoms with Crippen molar-refractivity contribution in [3.63, 3.8) is 0 Å². The van der Waals surface area contributed by atoms with Gasteiger partial charge in [0.25, 0.3) is 0 Å². The number of hydrogen-bond donors (Lipinski definition) is 2. The summed E-state index contributed by atoms with van der Waals surface area (Å²) in [6.45, 7) is 5.08. The van der Waals surface area contributed by atoms with E-state index in [2.05, 4.69) is 5.32 Å². The van der Waals surface area contributed by atoms with Crippen molar-refractivity contribution < 1.29 is 19.4 Å². The van der Waals surface area contributed by atoms with E-state index in [9.17, 15) is 9.59 Å². The quantitative estimate of drug-likeness (QED) is 0.751. The summed E-state index contributed by atoms with van der Waals surface area (Å²) < 4.78 is 5.73. The normalized spacial score (nSPS) is 25.1. The summed E-state index contributed by atoms with van der Waals surface area (Å²) >= 11 is 0. The van der Waals surface area contributed by atoms with Crippen LogP contribution in [0.5, 0.6) is 0 Å². The van der Waals surface area contributed by atoms with Gasteiger partial charge in [0.1, 0.15) is 0 Å². The highest BCUT2D eigenvalue weighted by atomic mass is 16.5. The van der Waals surface area contributed by atoms with Crippen LogP contribution in [-0.2, 0) is 9.53 Å². The highest BCUT2D eigenvalue weighted by Gasteiger charge is 2.41.